The molecule has 1 fully saturated rings. The molecule has 0 aliphatic carbocycles. The van der Waals surface area contributed by atoms with E-state index in [1.165, 1.54) is 0 Å². The topological polar surface area (TPSA) is 52.7 Å². The molecule has 2 aromatic rings. The molecule has 154 valence electrons. The Morgan fingerprint density at radius 2 is 1.62 bits per heavy atom. The van der Waals surface area contributed by atoms with Crippen LogP contribution >= 0.6 is 0 Å². The average molecular weight is 394 g/mol. The van der Waals surface area contributed by atoms with Crippen molar-refractivity contribution < 1.29 is 9.59 Å². The summed E-state index contributed by atoms with van der Waals surface area (Å²) in [5, 5.41) is 3.03. The minimum Gasteiger partial charge on any atom is -0.378 e. The Morgan fingerprint density at radius 1 is 1.00 bits per heavy atom. The number of anilines is 1. The van der Waals surface area contributed by atoms with Crippen molar-refractivity contribution in [1.82, 2.24) is 10.2 Å². The van der Waals surface area contributed by atoms with Crippen LogP contribution in [0.1, 0.15) is 40.7 Å². The van der Waals surface area contributed by atoms with Crippen LogP contribution < -0.4 is 10.2 Å². The van der Waals surface area contributed by atoms with Gasteiger partial charge in [0.15, 0.2) is 0 Å². The first-order chi connectivity index (χ1) is 13.9. The van der Waals surface area contributed by atoms with E-state index in [9.17, 15) is 9.59 Å². The molecule has 1 aliphatic heterocycles. The number of likely N-dealkylation sites (tertiary alicyclic amines) is 1. The maximum absolute atomic E-state index is 12.6. The van der Waals surface area contributed by atoms with Crippen LogP contribution in [0.4, 0.5) is 5.69 Å². The van der Waals surface area contributed by atoms with Crippen molar-refractivity contribution in [2.75, 3.05) is 32.1 Å². The third-order valence-electron chi connectivity index (χ3n) is 5.62. The predicted octanol–water partition coefficient (Wildman–Crippen LogP) is 3.62. The van der Waals surface area contributed by atoms with E-state index < -0.39 is 0 Å². The summed E-state index contributed by atoms with van der Waals surface area (Å²) in [4.78, 5) is 28.9. The largest absolute Gasteiger partial charge is 0.378 e. The lowest BCUT2D eigenvalue weighted by molar-refractivity contribution is -0.122. The summed E-state index contributed by atoms with van der Waals surface area (Å²) >= 11 is 0. The third-order valence-corrected chi connectivity index (χ3v) is 5.62. The Kier molecular flexibility index (Phi) is 6.91. The lowest BCUT2D eigenvalue weighted by atomic mass is 9.92. The van der Waals surface area contributed by atoms with Gasteiger partial charge in [0.2, 0.25) is 5.91 Å². The molecule has 1 saturated heterocycles. The molecule has 2 aromatic carbocycles. The highest BCUT2D eigenvalue weighted by molar-refractivity contribution is 5.94. The second-order valence-corrected chi connectivity index (χ2v) is 8.14. The van der Waals surface area contributed by atoms with Gasteiger partial charge in [0, 0.05) is 51.4 Å². The zero-order valence-corrected chi connectivity index (χ0v) is 17.6. The first kappa shape index (κ1) is 20.9. The third kappa shape index (κ3) is 5.83. The Morgan fingerprint density at radius 3 is 2.21 bits per heavy atom. The normalized spacial score (nSPS) is 14.5. The molecule has 0 atom stereocenters. The summed E-state index contributed by atoms with van der Waals surface area (Å²) in [7, 11) is 4.02. The van der Waals surface area contributed by atoms with E-state index in [2.05, 4.69) is 22.3 Å². The molecular formula is C24H31N3O2. The monoisotopic (exact) mass is 393 g/mol. The summed E-state index contributed by atoms with van der Waals surface area (Å²) in [6.45, 7) is 4.01. The van der Waals surface area contributed by atoms with Crippen molar-refractivity contribution in [3.05, 3.63) is 65.2 Å². The molecule has 1 heterocycles. The van der Waals surface area contributed by atoms with Crippen molar-refractivity contribution in [3.63, 3.8) is 0 Å². The van der Waals surface area contributed by atoms with Gasteiger partial charge in [0.05, 0.1) is 0 Å². The van der Waals surface area contributed by atoms with Gasteiger partial charge in [-0.1, -0.05) is 29.8 Å². The van der Waals surface area contributed by atoms with Gasteiger partial charge in [0.25, 0.3) is 5.91 Å². The maximum Gasteiger partial charge on any atom is 0.253 e. The van der Waals surface area contributed by atoms with Crippen LogP contribution in [-0.4, -0.2) is 43.9 Å². The standard InChI is InChI=1S/C24H31N3O2/c1-18-4-8-21(9-5-18)24(29)27-14-12-19(13-15-27)16-23(28)25-17-20-6-10-22(11-7-20)26(2)3/h4-11,19H,12-17H2,1-3H3,(H,25,28). The number of nitrogens with one attached hydrogen (secondary N) is 1. The maximum atomic E-state index is 12.6. The second-order valence-electron chi connectivity index (χ2n) is 8.14. The number of benzene rings is 2. The molecule has 5 heteroatoms. The zero-order valence-electron chi connectivity index (χ0n) is 17.6. The first-order valence-corrected chi connectivity index (χ1v) is 10.3. The van der Waals surface area contributed by atoms with Gasteiger partial charge < -0.3 is 15.1 Å². The van der Waals surface area contributed by atoms with E-state index in [-0.39, 0.29) is 11.8 Å². The van der Waals surface area contributed by atoms with Crippen LogP contribution in [-0.2, 0) is 11.3 Å². The van der Waals surface area contributed by atoms with Crippen LogP contribution in [0.15, 0.2) is 48.5 Å². The lowest BCUT2D eigenvalue weighted by Crippen LogP contribution is -2.39. The molecule has 1 aliphatic rings. The van der Waals surface area contributed by atoms with Gasteiger partial charge >= 0.3 is 0 Å². The number of aryl methyl sites for hydroxylation is 1. The summed E-state index contributed by atoms with van der Waals surface area (Å²) in [5.74, 6) is 0.521. The number of carbonyl (C=O) groups is 2. The van der Waals surface area contributed by atoms with Gasteiger partial charge in [-0.2, -0.15) is 0 Å². The van der Waals surface area contributed by atoms with Crippen LogP contribution in [0.3, 0.4) is 0 Å². The Labute approximate surface area is 173 Å². The van der Waals surface area contributed by atoms with Gasteiger partial charge in [-0.3, -0.25) is 9.59 Å². The first-order valence-electron chi connectivity index (χ1n) is 10.3. The van der Waals surface area contributed by atoms with Gasteiger partial charge in [-0.05, 0) is 55.5 Å². The highest BCUT2D eigenvalue weighted by Crippen LogP contribution is 2.22. The van der Waals surface area contributed by atoms with Crippen molar-refractivity contribution in [1.29, 1.82) is 0 Å². The number of nitrogens with zero attached hydrogens (tertiary/aromatic N) is 2. The highest BCUT2D eigenvalue weighted by Gasteiger charge is 2.25. The van der Waals surface area contributed by atoms with E-state index >= 15 is 0 Å². The van der Waals surface area contributed by atoms with Crippen LogP contribution in [0.2, 0.25) is 0 Å². The van der Waals surface area contributed by atoms with Crippen LogP contribution in [0, 0.1) is 12.8 Å². The molecule has 0 radical (unpaired) electrons. The SMILES string of the molecule is Cc1ccc(C(=O)N2CCC(CC(=O)NCc3ccc(N(C)C)cc3)CC2)cc1. The molecule has 0 unspecified atom stereocenters. The second kappa shape index (κ2) is 9.59. The average Bonchev–Trinajstić information content (AvgIpc) is 2.73. The van der Waals surface area contributed by atoms with E-state index in [1.807, 2.05) is 62.3 Å². The molecule has 2 amide bonds. The number of hydrogen-bond donors (Lipinski definition) is 1. The van der Waals surface area contributed by atoms with Crippen molar-refractivity contribution in [2.45, 2.75) is 32.7 Å². The van der Waals surface area contributed by atoms with E-state index in [0.29, 0.717) is 18.9 Å². The smallest absolute Gasteiger partial charge is 0.253 e. The summed E-state index contributed by atoms with van der Waals surface area (Å²) in [6.07, 6.45) is 2.29. The number of amides is 2. The number of carbonyl (C=O) groups excluding carboxylic acids is 2. The molecule has 0 saturated carbocycles. The number of hydrogen-bond acceptors (Lipinski definition) is 3. The quantitative estimate of drug-likeness (QED) is 0.816. The predicted molar refractivity (Wildman–Crippen MR) is 117 cm³/mol. The Balaban J connectivity index is 1.41. The molecule has 3 rings (SSSR count). The fraction of sp³-hybridized carbons (Fsp3) is 0.417. The summed E-state index contributed by atoms with van der Waals surface area (Å²) in [5.41, 5.74) is 4.14. The van der Waals surface area contributed by atoms with Gasteiger partial charge in [0.1, 0.15) is 0 Å². The van der Waals surface area contributed by atoms with Crippen LogP contribution in [0.5, 0.6) is 0 Å². The van der Waals surface area contributed by atoms with Crippen molar-refractivity contribution in [2.24, 2.45) is 5.92 Å². The molecule has 0 bridgehead atoms. The Hall–Kier alpha value is -2.82. The zero-order chi connectivity index (χ0) is 20.8. The molecular weight excluding hydrogens is 362 g/mol. The number of rotatable bonds is 6. The number of piperidine rings is 1. The summed E-state index contributed by atoms with van der Waals surface area (Å²) in [6, 6.07) is 15.9. The van der Waals surface area contributed by atoms with Crippen molar-refractivity contribution in [3.8, 4) is 0 Å². The van der Waals surface area contributed by atoms with E-state index in [0.717, 1.165) is 48.3 Å². The minimum atomic E-state index is 0.0880. The molecule has 5 nitrogen and oxygen atoms in total. The molecule has 1 N–H and O–H groups in total. The van der Waals surface area contributed by atoms with Gasteiger partial charge in [-0.15, -0.1) is 0 Å². The van der Waals surface area contributed by atoms with Crippen molar-refractivity contribution >= 4 is 17.5 Å². The summed E-state index contributed by atoms with van der Waals surface area (Å²) < 4.78 is 0. The molecule has 0 aromatic heterocycles. The fourth-order valence-corrected chi connectivity index (χ4v) is 3.67. The Bertz CT molecular complexity index is 820. The van der Waals surface area contributed by atoms with Gasteiger partial charge in [-0.25, -0.2) is 0 Å². The highest BCUT2D eigenvalue weighted by atomic mass is 16.2. The lowest BCUT2D eigenvalue weighted by Gasteiger charge is -2.32. The van der Waals surface area contributed by atoms with E-state index in [1.54, 1.807) is 0 Å². The van der Waals surface area contributed by atoms with Crippen LogP contribution in [0.25, 0.3) is 0 Å². The van der Waals surface area contributed by atoms with E-state index in [4.69, 9.17) is 0 Å². The fourth-order valence-electron chi connectivity index (χ4n) is 3.67. The minimum absolute atomic E-state index is 0.0880. The molecule has 0 spiro atoms. The molecule has 29 heavy (non-hydrogen) atoms.